The molecule has 0 fully saturated rings. The summed E-state index contributed by atoms with van der Waals surface area (Å²) in [6, 6.07) is 12.0. The normalized spacial score (nSPS) is 14.9. The van der Waals surface area contributed by atoms with Crippen molar-refractivity contribution in [2.75, 3.05) is 5.73 Å². The van der Waals surface area contributed by atoms with E-state index in [9.17, 15) is 4.79 Å². The van der Waals surface area contributed by atoms with Gasteiger partial charge in [0.1, 0.15) is 0 Å². The van der Waals surface area contributed by atoms with Crippen molar-refractivity contribution in [2.24, 2.45) is 0 Å². The highest BCUT2D eigenvalue weighted by atomic mass is 16.1. The average Bonchev–Trinajstić information content (AvgIpc) is 2.56. The third-order valence-electron chi connectivity index (χ3n) is 4.73. The lowest BCUT2D eigenvalue weighted by Gasteiger charge is -2.20. The van der Waals surface area contributed by atoms with Crippen LogP contribution in [0.3, 0.4) is 0 Å². The Balaban J connectivity index is 1.77. The zero-order chi connectivity index (χ0) is 16.4. The number of nitrogen functional groups attached to an aromatic ring is 1. The number of anilines is 1. The Morgan fingerprint density at radius 2 is 1.83 bits per heavy atom. The van der Waals surface area contributed by atoms with E-state index in [1.54, 1.807) is 6.07 Å². The fourth-order valence-electron chi connectivity index (χ4n) is 3.26. The lowest BCUT2D eigenvalue weighted by molar-refractivity contribution is 0.0939. The first kappa shape index (κ1) is 15.6. The number of carbonyl (C=O) groups is 1. The highest BCUT2D eigenvalue weighted by Gasteiger charge is 2.16. The Bertz CT molecular complexity index is 736. The predicted octanol–water partition coefficient (Wildman–Crippen LogP) is 3.95. The monoisotopic (exact) mass is 308 g/mol. The van der Waals surface area contributed by atoms with Gasteiger partial charge < -0.3 is 11.1 Å². The molecule has 0 spiro atoms. The van der Waals surface area contributed by atoms with Crippen LogP contribution in [0.25, 0.3) is 0 Å². The summed E-state index contributed by atoms with van der Waals surface area (Å²) in [6.45, 7) is 3.96. The van der Waals surface area contributed by atoms with Crippen molar-refractivity contribution < 1.29 is 4.79 Å². The SMILES string of the molecule is Cc1ccc(N)cc1C(=O)NC(C)c1ccc2c(c1)CCCC2. The predicted molar refractivity (Wildman–Crippen MR) is 94.6 cm³/mol. The Hall–Kier alpha value is -2.29. The van der Waals surface area contributed by atoms with Gasteiger partial charge in [0.25, 0.3) is 5.91 Å². The van der Waals surface area contributed by atoms with Crippen molar-refractivity contribution in [3.8, 4) is 0 Å². The van der Waals surface area contributed by atoms with Gasteiger partial charge in [-0.3, -0.25) is 4.79 Å². The van der Waals surface area contributed by atoms with Gasteiger partial charge in [-0.25, -0.2) is 0 Å². The summed E-state index contributed by atoms with van der Waals surface area (Å²) in [5.41, 5.74) is 12.1. The lowest BCUT2D eigenvalue weighted by Crippen LogP contribution is -2.27. The average molecular weight is 308 g/mol. The largest absolute Gasteiger partial charge is 0.399 e. The van der Waals surface area contributed by atoms with Crippen molar-refractivity contribution in [3.63, 3.8) is 0 Å². The number of carbonyl (C=O) groups excluding carboxylic acids is 1. The Morgan fingerprint density at radius 1 is 1.09 bits per heavy atom. The van der Waals surface area contributed by atoms with E-state index in [1.165, 1.54) is 36.0 Å². The molecule has 120 valence electrons. The van der Waals surface area contributed by atoms with E-state index in [2.05, 4.69) is 23.5 Å². The van der Waals surface area contributed by atoms with Gasteiger partial charge in [-0.15, -0.1) is 0 Å². The van der Waals surface area contributed by atoms with Crippen LogP contribution in [-0.4, -0.2) is 5.91 Å². The summed E-state index contributed by atoms with van der Waals surface area (Å²) in [6.07, 6.45) is 4.88. The first-order valence-corrected chi connectivity index (χ1v) is 8.33. The first-order valence-electron chi connectivity index (χ1n) is 8.33. The van der Waals surface area contributed by atoms with Gasteiger partial charge in [-0.05, 0) is 73.9 Å². The second kappa shape index (κ2) is 6.45. The van der Waals surface area contributed by atoms with Gasteiger partial charge in [0, 0.05) is 11.3 Å². The van der Waals surface area contributed by atoms with Crippen molar-refractivity contribution >= 4 is 11.6 Å². The van der Waals surface area contributed by atoms with Gasteiger partial charge in [0.2, 0.25) is 0 Å². The third-order valence-corrected chi connectivity index (χ3v) is 4.73. The molecule has 0 aromatic heterocycles. The molecule has 1 unspecified atom stereocenters. The number of hydrogen-bond donors (Lipinski definition) is 2. The minimum Gasteiger partial charge on any atom is -0.399 e. The van der Waals surface area contributed by atoms with Gasteiger partial charge in [0.15, 0.2) is 0 Å². The fraction of sp³-hybridized carbons (Fsp3) is 0.350. The third kappa shape index (κ3) is 3.39. The highest BCUT2D eigenvalue weighted by molar-refractivity contribution is 5.96. The summed E-state index contributed by atoms with van der Waals surface area (Å²) >= 11 is 0. The van der Waals surface area contributed by atoms with Crippen molar-refractivity contribution in [1.82, 2.24) is 5.32 Å². The van der Waals surface area contributed by atoms with Crippen LogP contribution in [0, 0.1) is 6.92 Å². The molecule has 3 heteroatoms. The maximum atomic E-state index is 12.5. The van der Waals surface area contributed by atoms with E-state index in [0.717, 1.165) is 12.0 Å². The van der Waals surface area contributed by atoms with E-state index in [0.29, 0.717) is 11.3 Å². The molecule has 0 saturated heterocycles. The van der Waals surface area contributed by atoms with Gasteiger partial charge in [-0.2, -0.15) is 0 Å². The van der Waals surface area contributed by atoms with Crippen LogP contribution < -0.4 is 11.1 Å². The number of amides is 1. The number of rotatable bonds is 3. The lowest BCUT2D eigenvalue weighted by atomic mass is 9.89. The van der Waals surface area contributed by atoms with Crippen molar-refractivity contribution in [3.05, 3.63) is 64.2 Å². The zero-order valence-corrected chi connectivity index (χ0v) is 13.9. The van der Waals surface area contributed by atoms with E-state index < -0.39 is 0 Å². The molecule has 2 aromatic rings. The molecule has 0 aliphatic heterocycles. The number of nitrogens with one attached hydrogen (secondary N) is 1. The Labute approximate surface area is 137 Å². The maximum absolute atomic E-state index is 12.5. The van der Waals surface area contributed by atoms with Crippen LogP contribution in [0.4, 0.5) is 5.69 Å². The van der Waals surface area contributed by atoms with Gasteiger partial charge in [-0.1, -0.05) is 24.3 Å². The standard InChI is InChI=1S/C20H24N2O/c1-13-7-10-18(21)12-19(13)20(23)22-14(2)16-9-8-15-5-3-4-6-17(15)11-16/h7-12,14H,3-6,21H2,1-2H3,(H,22,23). The highest BCUT2D eigenvalue weighted by Crippen LogP contribution is 2.25. The van der Waals surface area contributed by atoms with Gasteiger partial charge >= 0.3 is 0 Å². The topological polar surface area (TPSA) is 55.1 Å². The molecule has 0 bridgehead atoms. The minimum atomic E-state index is -0.0694. The second-order valence-electron chi connectivity index (χ2n) is 6.50. The van der Waals surface area contributed by atoms with Crippen LogP contribution in [0.1, 0.15) is 58.4 Å². The first-order chi connectivity index (χ1) is 11.0. The molecule has 1 aliphatic carbocycles. The van der Waals surface area contributed by atoms with Crippen LogP contribution in [-0.2, 0) is 12.8 Å². The molecule has 3 nitrogen and oxygen atoms in total. The number of aryl methyl sites for hydroxylation is 3. The molecule has 0 heterocycles. The molecule has 0 saturated carbocycles. The fourth-order valence-corrected chi connectivity index (χ4v) is 3.26. The molecule has 1 amide bonds. The molecular formula is C20H24N2O. The number of hydrogen-bond acceptors (Lipinski definition) is 2. The smallest absolute Gasteiger partial charge is 0.252 e. The molecule has 3 rings (SSSR count). The maximum Gasteiger partial charge on any atom is 0.252 e. The van der Waals surface area contributed by atoms with Crippen molar-refractivity contribution in [2.45, 2.75) is 45.6 Å². The summed E-state index contributed by atoms with van der Waals surface area (Å²) in [4.78, 5) is 12.5. The quantitative estimate of drug-likeness (QED) is 0.844. The number of benzene rings is 2. The van der Waals surface area contributed by atoms with Crippen molar-refractivity contribution in [1.29, 1.82) is 0 Å². The van der Waals surface area contributed by atoms with Crippen LogP contribution in [0.5, 0.6) is 0 Å². The molecule has 3 N–H and O–H groups in total. The van der Waals surface area contributed by atoms with E-state index in [1.807, 2.05) is 26.0 Å². The van der Waals surface area contributed by atoms with Crippen LogP contribution in [0.15, 0.2) is 36.4 Å². The molecule has 1 atom stereocenters. The Kier molecular flexibility index (Phi) is 4.37. The Morgan fingerprint density at radius 3 is 2.61 bits per heavy atom. The second-order valence-corrected chi connectivity index (χ2v) is 6.50. The molecule has 2 aromatic carbocycles. The summed E-state index contributed by atoms with van der Waals surface area (Å²) in [5.74, 6) is -0.0694. The van der Waals surface area contributed by atoms with E-state index >= 15 is 0 Å². The van der Waals surface area contributed by atoms with Crippen LogP contribution >= 0.6 is 0 Å². The van der Waals surface area contributed by atoms with E-state index in [-0.39, 0.29) is 11.9 Å². The number of fused-ring (bicyclic) bond motifs is 1. The van der Waals surface area contributed by atoms with Crippen LogP contribution in [0.2, 0.25) is 0 Å². The zero-order valence-electron chi connectivity index (χ0n) is 13.9. The molecular weight excluding hydrogens is 284 g/mol. The summed E-state index contributed by atoms with van der Waals surface area (Å²) in [5, 5.41) is 3.09. The van der Waals surface area contributed by atoms with Gasteiger partial charge in [0.05, 0.1) is 6.04 Å². The molecule has 1 aliphatic rings. The number of nitrogens with two attached hydrogens (primary N) is 1. The molecule has 23 heavy (non-hydrogen) atoms. The summed E-state index contributed by atoms with van der Waals surface area (Å²) < 4.78 is 0. The molecule has 0 radical (unpaired) electrons. The minimum absolute atomic E-state index is 0.0180. The van der Waals surface area contributed by atoms with E-state index in [4.69, 9.17) is 5.73 Å². The summed E-state index contributed by atoms with van der Waals surface area (Å²) in [7, 11) is 0.